The van der Waals surface area contributed by atoms with E-state index >= 15 is 0 Å². The molecule has 306 valence electrons. The molecule has 0 amide bonds. The third-order valence-corrected chi connectivity index (χ3v) is 14.8. The van der Waals surface area contributed by atoms with E-state index in [0.717, 1.165) is 45.4 Å². The van der Waals surface area contributed by atoms with E-state index in [9.17, 15) is 5.26 Å². The van der Waals surface area contributed by atoms with E-state index in [2.05, 4.69) is 234 Å². The minimum absolute atomic E-state index is 0.478. The molecule has 9 aromatic carbocycles. The molecule has 14 rings (SSSR count). The average Bonchev–Trinajstić information content (AvgIpc) is 3.85. The van der Waals surface area contributed by atoms with Crippen LogP contribution in [0.3, 0.4) is 0 Å². The first-order valence-corrected chi connectivity index (χ1v) is 22.6. The van der Waals surface area contributed by atoms with Crippen molar-refractivity contribution in [3.05, 3.63) is 281 Å². The third-order valence-electron chi connectivity index (χ3n) is 14.8. The van der Waals surface area contributed by atoms with Crippen molar-refractivity contribution < 1.29 is 0 Å². The standard InChI is InChI=1S/C62H38N4/c63-38-42-37-40(33-35-55(42)65-56-29-13-9-25-51(56)61(52-26-10-14-30-57(52)65)47-21-5-1-17-43(47)44-18-2-6-22-48(44)61)41-34-36-60(64-39-41)66-58-31-15-11-27-53(58)62(54-28-12-16-32-59(54)66)49-23-7-3-19-45(49)46-20-4-8-24-50(46)62/h1-37,39H. The van der Waals surface area contributed by atoms with Gasteiger partial charge in [-0.15, -0.1) is 0 Å². The van der Waals surface area contributed by atoms with Gasteiger partial charge in [0.15, 0.2) is 0 Å². The van der Waals surface area contributed by atoms with Crippen molar-refractivity contribution in [2.45, 2.75) is 10.8 Å². The molecule has 3 heterocycles. The summed E-state index contributed by atoms with van der Waals surface area (Å²) in [4.78, 5) is 9.82. The highest BCUT2D eigenvalue weighted by atomic mass is 15.2. The smallest absolute Gasteiger partial charge is 0.137 e. The first kappa shape index (κ1) is 36.7. The van der Waals surface area contributed by atoms with E-state index in [1.54, 1.807) is 0 Å². The van der Waals surface area contributed by atoms with Gasteiger partial charge in [0.05, 0.1) is 44.8 Å². The number of fused-ring (bicyclic) bond motifs is 18. The minimum atomic E-state index is -0.515. The number of pyridine rings is 1. The van der Waals surface area contributed by atoms with Crippen LogP contribution in [0.4, 0.5) is 34.3 Å². The predicted octanol–water partition coefficient (Wildman–Crippen LogP) is 14.9. The Hall–Kier alpha value is -8.78. The van der Waals surface area contributed by atoms with Crippen LogP contribution in [0.5, 0.6) is 0 Å². The van der Waals surface area contributed by atoms with Crippen LogP contribution in [-0.4, -0.2) is 4.98 Å². The summed E-state index contributed by atoms with van der Waals surface area (Å²) in [5, 5.41) is 11.0. The summed E-state index contributed by atoms with van der Waals surface area (Å²) < 4.78 is 0. The quantitative estimate of drug-likeness (QED) is 0.178. The summed E-state index contributed by atoms with van der Waals surface area (Å²) in [6, 6.07) is 83.7. The third kappa shape index (κ3) is 4.58. The molecule has 2 aliphatic carbocycles. The molecule has 4 aliphatic rings. The van der Waals surface area contributed by atoms with Gasteiger partial charge in [0.25, 0.3) is 0 Å². The van der Waals surface area contributed by atoms with Gasteiger partial charge in [0.1, 0.15) is 11.9 Å². The summed E-state index contributed by atoms with van der Waals surface area (Å²) in [6.45, 7) is 0. The van der Waals surface area contributed by atoms with Gasteiger partial charge >= 0.3 is 0 Å². The van der Waals surface area contributed by atoms with Gasteiger partial charge < -0.3 is 4.90 Å². The summed E-state index contributed by atoms with van der Waals surface area (Å²) in [5.41, 5.74) is 21.7. The van der Waals surface area contributed by atoms with Crippen molar-refractivity contribution in [2.75, 3.05) is 9.80 Å². The van der Waals surface area contributed by atoms with Crippen molar-refractivity contribution in [3.63, 3.8) is 0 Å². The number of aromatic nitrogens is 1. The predicted molar refractivity (Wildman–Crippen MR) is 265 cm³/mol. The maximum Gasteiger partial charge on any atom is 0.137 e. The fourth-order valence-electron chi connectivity index (χ4n) is 12.3. The van der Waals surface area contributed by atoms with Crippen LogP contribution in [0.2, 0.25) is 0 Å². The molecule has 0 atom stereocenters. The van der Waals surface area contributed by atoms with Crippen LogP contribution >= 0.6 is 0 Å². The topological polar surface area (TPSA) is 43.2 Å². The van der Waals surface area contributed by atoms with Gasteiger partial charge in [-0.3, -0.25) is 4.90 Å². The molecule has 0 saturated carbocycles. The molecule has 1 aromatic heterocycles. The van der Waals surface area contributed by atoms with Crippen molar-refractivity contribution in [2.24, 2.45) is 0 Å². The SMILES string of the molecule is N#Cc1cc(-c2ccc(N3c4ccccc4C4(c5ccccc5-c5ccccc54)c4ccccc43)nc2)ccc1N1c2ccccc2C2(c3ccccc3-c3ccccc32)c2ccccc21. The van der Waals surface area contributed by atoms with E-state index in [4.69, 9.17) is 4.98 Å². The zero-order valence-corrected chi connectivity index (χ0v) is 35.7. The zero-order chi connectivity index (χ0) is 43.6. The Morgan fingerprint density at radius 2 is 0.682 bits per heavy atom. The normalized spacial score (nSPS) is 14.5. The van der Waals surface area contributed by atoms with E-state index in [0.29, 0.717) is 5.56 Å². The maximum absolute atomic E-state index is 11.0. The lowest BCUT2D eigenvalue weighted by Crippen LogP contribution is -2.36. The number of hydrogen-bond donors (Lipinski definition) is 0. The molecule has 4 nitrogen and oxygen atoms in total. The minimum Gasteiger partial charge on any atom is -0.308 e. The molecular formula is C62H38N4. The van der Waals surface area contributed by atoms with Crippen molar-refractivity contribution in [1.29, 1.82) is 5.26 Å². The molecule has 0 fully saturated rings. The largest absolute Gasteiger partial charge is 0.308 e. The first-order valence-electron chi connectivity index (χ1n) is 22.6. The molecule has 66 heavy (non-hydrogen) atoms. The molecular weight excluding hydrogens is 801 g/mol. The number of anilines is 6. The zero-order valence-electron chi connectivity index (χ0n) is 35.7. The monoisotopic (exact) mass is 838 g/mol. The Morgan fingerprint density at radius 3 is 1.06 bits per heavy atom. The average molecular weight is 839 g/mol. The molecule has 0 unspecified atom stereocenters. The highest BCUT2D eigenvalue weighted by molar-refractivity contribution is 5.98. The Kier molecular flexibility index (Phi) is 7.56. The molecule has 4 heteroatoms. The van der Waals surface area contributed by atoms with Gasteiger partial charge in [-0.1, -0.05) is 176 Å². The van der Waals surface area contributed by atoms with Gasteiger partial charge in [-0.05, 0) is 121 Å². The lowest BCUT2D eigenvalue weighted by molar-refractivity contribution is 0.751. The van der Waals surface area contributed by atoms with E-state index < -0.39 is 10.8 Å². The maximum atomic E-state index is 11.0. The Bertz CT molecular complexity index is 3520. The Balaban J connectivity index is 0.876. The summed E-state index contributed by atoms with van der Waals surface area (Å²) in [6.07, 6.45) is 1.95. The second-order valence-electron chi connectivity index (χ2n) is 17.7. The first-order chi connectivity index (χ1) is 32.7. The molecule has 10 aromatic rings. The van der Waals surface area contributed by atoms with Crippen LogP contribution in [0.1, 0.15) is 50.1 Å². The molecule has 0 bridgehead atoms. The summed E-state index contributed by atoms with van der Waals surface area (Å²) in [5.74, 6) is 0.829. The van der Waals surface area contributed by atoms with Crippen LogP contribution in [0.15, 0.2) is 231 Å². The lowest BCUT2D eigenvalue weighted by atomic mass is 9.64. The number of benzene rings is 9. The second-order valence-corrected chi connectivity index (χ2v) is 17.7. The van der Waals surface area contributed by atoms with E-state index in [-0.39, 0.29) is 0 Å². The Morgan fingerprint density at radius 1 is 0.333 bits per heavy atom. The van der Waals surface area contributed by atoms with Gasteiger partial charge in [-0.2, -0.15) is 5.26 Å². The molecule has 0 radical (unpaired) electrons. The Labute approximate surface area is 383 Å². The number of nitrogens with zero attached hydrogens (tertiary/aromatic N) is 4. The number of hydrogen-bond acceptors (Lipinski definition) is 4. The lowest BCUT2D eigenvalue weighted by Gasteiger charge is -2.45. The molecule has 0 N–H and O–H groups in total. The number of para-hydroxylation sites is 4. The van der Waals surface area contributed by atoms with Crippen molar-refractivity contribution in [3.8, 4) is 39.4 Å². The molecule has 2 spiro atoms. The van der Waals surface area contributed by atoms with E-state index in [1.165, 1.54) is 66.8 Å². The highest BCUT2D eigenvalue weighted by Gasteiger charge is 2.53. The summed E-state index contributed by atoms with van der Waals surface area (Å²) >= 11 is 0. The number of nitriles is 1. The van der Waals surface area contributed by atoms with Crippen molar-refractivity contribution >= 4 is 34.3 Å². The second kappa shape index (κ2) is 13.6. The summed E-state index contributed by atoms with van der Waals surface area (Å²) in [7, 11) is 0. The molecule has 0 saturated heterocycles. The van der Waals surface area contributed by atoms with Crippen LogP contribution < -0.4 is 9.80 Å². The van der Waals surface area contributed by atoms with Gasteiger partial charge in [0.2, 0.25) is 0 Å². The molecule has 2 aliphatic heterocycles. The van der Waals surface area contributed by atoms with Crippen LogP contribution in [-0.2, 0) is 10.8 Å². The van der Waals surface area contributed by atoms with Crippen LogP contribution in [0, 0.1) is 11.3 Å². The number of rotatable bonds is 3. The van der Waals surface area contributed by atoms with Crippen LogP contribution in [0.25, 0.3) is 33.4 Å². The fourth-order valence-corrected chi connectivity index (χ4v) is 12.3. The van der Waals surface area contributed by atoms with Crippen molar-refractivity contribution in [1.82, 2.24) is 4.98 Å². The fraction of sp³-hybridized carbons (Fsp3) is 0.0323. The highest BCUT2D eigenvalue weighted by Crippen LogP contribution is 2.65. The van der Waals surface area contributed by atoms with Gasteiger partial charge in [-0.25, -0.2) is 4.98 Å². The van der Waals surface area contributed by atoms with Gasteiger partial charge in [0, 0.05) is 11.8 Å². The van der Waals surface area contributed by atoms with E-state index in [1.807, 2.05) is 12.3 Å².